The maximum Gasteiger partial charge on any atom is 0.379 e. The number of hydrogen-bond acceptors (Lipinski definition) is 5. The van der Waals surface area contributed by atoms with E-state index in [9.17, 15) is 9.59 Å². The molecule has 0 radical (unpaired) electrons. The molecule has 0 spiro atoms. The van der Waals surface area contributed by atoms with Crippen LogP contribution < -0.4 is 15.4 Å². The second-order valence-corrected chi connectivity index (χ2v) is 6.77. The Morgan fingerprint density at radius 1 is 1.04 bits per heavy atom. The largest absolute Gasteiger partial charge is 0.497 e. The summed E-state index contributed by atoms with van der Waals surface area (Å²) < 4.78 is 9.84. The van der Waals surface area contributed by atoms with Crippen molar-refractivity contribution < 1.29 is 19.1 Å². The van der Waals surface area contributed by atoms with Crippen LogP contribution in [0.5, 0.6) is 5.75 Å². The van der Waals surface area contributed by atoms with Gasteiger partial charge in [0, 0.05) is 5.02 Å². The van der Waals surface area contributed by atoms with Crippen LogP contribution in [0.1, 0.15) is 17.2 Å². The third kappa shape index (κ3) is 4.00. The molecule has 1 heterocycles. The lowest BCUT2D eigenvalue weighted by Crippen LogP contribution is -2.46. The molecule has 0 fully saturated rings. The van der Waals surface area contributed by atoms with E-state index in [1.807, 2.05) is 0 Å². The van der Waals surface area contributed by atoms with Crippen molar-refractivity contribution in [3.63, 3.8) is 0 Å². The van der Waals surface area contributed by atoms with Gasteiger partial charge < -0.3 is 20.1 Å². The summed E-state index contributed by atoms with van der Waals surface area (Å²) in [6, 6.07) is 13.4. The average molecular weight is 417 g/mol. The van der Waals surface area contributed by atoms with Gasteiger partial charge in [0.05, 0.1) is 31.5 Å². The van der Waals surface area contributed by atoms with Crippen LogP contribution in [0.15, 0.2) is 54.1 Å². The molecule has 1 atom stereocenters. The van der Waals surface area contributed by atoms with E-state index in [-0.39, 0.29) is 5.57 Å². The van der Waals surface area contributed by atoms with Gasteiger partial charge in [0.2, 0.25) is 0 Å². The number of esters is 1. The van der Waals surface area contributed by atoms with Crippen molar-refractivity contribution >= 4 is 46.4 Å². The Balaban J connectivity index is 2.19. The molecular formula is C20H17ClN2O4S. The summed E-state index contributed by atoms with van der Waals surface area (Å²) in [4.78, 5) is 25.0. The average Bonchev–Trinajstić information content (AvgIpc) is 2.72. The predicted octanol–water partition coefficient (Wildman–Crippen LogP) is 3.02. The number of Topliss-reactive ketones (excluding diaryl/α,β-unsaturated/α-hetero) is 1. The van der Waals surface area contributed by atoms with E-state index in [2.05, 4.69) is 15.4 Å². The molecule has 2 aromatic rings. The number of carbonyl (C=O) groups excluding carboxylic acids is 2. The molecule has 3 rings (SSSR count). The quantitative estimate of drug-likeness (QED) is 0.440. The lowest BCUT2D eigenvalue weighted by molar-refractivity contribution is -0.150. The second kappa shape index (κ2) is 8.41. The molecule has 1 aliphatic rings. The minimum Gasteiger partial charge on any atom is -0.497 e. The summed E-state index contributed by atoms with van der Waals surface area (Å²) >= 11 is 11.3. The van der Waals surface area contributed by atoms with Gasteiger partial charge >= 0.3 is 5.97 Å². The van der Waals surface area contributed by atoms with Gasteiger partial charge in [-0.3, -0.25) is 4.79 Å². The number of benzene rings is 2. The maximum atomic E-state index is 12.9. The summed E-state index contributed by atoms with van der Waals surface area (Å²) in [7, 11) is 2.73. The number of carbonyl (C=O) groups is 2. The highest BCUT2D eigenvalue weighted by Gasteiger charge is 2.35. The zero-order chi connectivity index (χ0) is 20.3. The molecule has 6 nitrogen and oxygen atoms in total. The van der Waals surface area contributed by atoms with Crippen molar-refractivity contribution in [2.75, 3.05) is 14.2 Å². The lowest BCUT2D eigenvalue weighted by Gasteiger charge is -2.31. The normalized spacial score (nSPS) is 16.1. The number of halogens is 1. The van der Waals surface area contributed by atoms with Crippen LogP contribution in [0.2, 0.25) is 5.02 Å². The zero-order valence-corrected chi connectivity index (χ0v) is 16.7. The van der Waals surface area contributed by atoms with Crippen LogP contribution in [0.4, 0.5) is 0 Å². The van der Waals surface area contributed by atoms with E-state index in [0.717, 1.165) is 5.56 Å². The van der Waals surface area contributed by atoms with Crippen molar-refractivity contribution in [3.8, 4) is 5.75 Å². The first-order valence-electron chi connectivity index (χ1n) is 8.28. The molecule has 0 saturated heterocycles. The van der Waals surface area contributed by atoms with Crippen molar-refractivity contribution in [1.29, 1.82) is 0 Å². The van der Waals surface area contributed by atoms with E-state index in [4.69, 9.17) is 28.6 Å². The third-order valence-corrected chi connectivity index (χ3v) is 4.74. The molecular weight excluding hydrogens is 400 g/mol. The summed E-state index contributed by atoms with van der Waals surface area (Å²) in [5, 5.41) is 6.93. The van der Waals surface area contributed by atoms with Gasteiger partial charge in [0.25, 0.3) is 5.78 Å². The number of rotatable bonds is 5. The Bertz CT molecular complexity index is 955. The molecule has 8 heteroatoms. The standard InChI is InChI=1S/C20H17ClN2O4S/c1-26-14-9-5-12(6-10-14)17-15(18(24)19(25)27-2)16(22-20(28)23-17)11-3-7-13(21)8-4-11/h3-10,16H,1-2H3,(H2,22,23,28)/t16-/m0/s1. The summed E-state index contributed by atoms with van der Waals surface area (Å²) in [5.41, 5.74) is 2.04. The number of methoxy groups -OCH3 is 2. The number of hydrogen-bond donors (Lipinski definition) is 2. The van der Waals surface area contributed by atoms with Crippen LogP contribution in [-0.4, -0.2) is 31.1 Å². The number of ether oxygens (including phenoxy) is 2. The topological polar surface area (TPSA) is 76.7 Å². The van der Waals surface area contributed by atoms with Gasteiger partial charge in [-0.15, -0.1) is 0 Å². The Morgan fingerprint density at radius 3 is 2.25 bits per heavy atom. The fraction of sp³-hybridized carbons (Fsp3) is 0.150. The highest BCUT2D eigenvalue weighted by molar-refractivity contribution is 7.80. The Labute approximate surface area is 172 Å². The fourth-order valence-corrected chi connectivity index (χ4v) is 3.25. The minimum atomic E-state index is -0.962. The van der Waals surface area contributed by atoms with Crippen LogP contribution in [-0.2, 0) is 14.3 Å². The molecule has 2 aromatic carbocycles. The number of thiocarbonyl (C=S) groups is 1. The third-order valence-electron chi connectivity index (χ3n) is 4.27. The number of nitrogens with one attached hydrogen (secondary N) is 2. The van der Waals surface area contributed by atoms with Crippen molar-refractivity contribution in [3.05, 3.63) is 70.3 Å². The van der Waals surface area contributed by atoms with Gasteiger partial charge in [-0.2, -0.15) is 0 Å². The van der Waals surface area contributed by atoms with E-state index in [0.29, 0.717) is 27.1 Å². The Hall–Kier alpha value is -2.90. The highest BCUT2D eigenvalue weighted by atomic mass is 35.5. The van der Waals surface area contributed by atoms with Crippen molar-refractivity contribution in [2.24, 2.45) is 0 Å². The van der Waals surface area contributed by atoms with Gasteiger partial charge in [-0.05, 0) is 59.7 Å². The molecule has 1 aliphatic heterocycles. The fourth-order valence-electron chi connectivity index (χ4n) is 2.90. The van der Waals surface area contributed by atoms with Crippen LogP contribution in [0, 0.1) is 0 Å². The van der Waals surface area contributed by atoms with Crippen LogP contribution in [0.25, 0.3) is 5.70 Å². The van der Waals surface area contributed by atoms with E-state index >= 15 is 0 Å². The van der Waals surface area contributed by atoms with E-state index < -0.39 is 17.8 Å². The van der Waals surface area contributed by atoms with Crippen molar-refractivity contribution in [2.45, 2.75) is 6.04 Å². The molecule has 0 aliphatic carbocycles. The van der Waals surface area contributed by atoms with Crippen LogP contribution >= 0.6 is 23.8 Å². The Kier molecular flexibility index (Phi) is 5.96. The van der Waals surface area contributed by atoms with Crippen molar-refractivity contribution in [1.82, 2.24) is 10.6 Å². The van der Waals surface area contributed by atoms with Crippen LogP contribution in [0.3, 0.4) is 0 Å². The maximum absolute atomic E-state index is 12.9. The first-order valence-corrected chi connectivity index (χ1v) is 9.07. The van der Waals surface area contributed by atoms with E-state index in [1.165, 1.54) is 7.11 Å². The van der Waals surface area contributed by atoms with Gasteiger partial charge in [-0.1, -0.05) is 23.7 Å². The molecule has 0 unspecified atom stereocenters. The molecule has 0 bridgehead atoms. The predicted molar refractivity (Wildman–Crippen MR) is 110 cm³/mol. The molecule has 0 aromatic heterocycles. The first kappa shape index (κ1) is 19.9. The monoisotopic (exact) mass is 416 g/mol. The highest BCUT2D eigenvalue weighted by Crippen LogP contribution is 2.33. The zero-order valence-electron chi connectivity index (χ0n) is 15.1. The first-order chi connectivity index (χ1) is 13.4. The van der Waals surface area contributed by atoms with E-state index in [1.54, 1.807) is 55.6 Å². The molecule has 0 amide bonds. The Morgan fingerprint density at radius 2 is 1.68 bits per heavy atom. The molecule has 0 saturated carbocycles. The second-order valence-electron chi connectivity index (χ2n) is 5.92. The minimum absolute atomic E-state index is 0.202. The molecule has 2 N–H and O–H groups in total. The lowest BCUT2D eigenvalue weighted by atomic mass is 9.90. The summed E-state index contributed by atoms with van der Waals surface area (Å²) in [6.45, 7) is 0. The smallest absolute Gasteiger partial charge is 0.379 e. The number of ketones is 1. The van der Waals surface area contributed by atoms with Gasteiger partial charge in [-0.25, -0.2) is 4.79 Å². The molecule has 144 valence electrons. The molecule has 28 heavy (non-hydrogen) atoms. The SMILES string of the molecule is COC(=O)C(=O)C1=C(c2ccc(OC)cc2)NC(=S)N[C@H]1c1ccc(Cl)cc1. The van der Waals surface area contributed by atoms with Gasteiger partial charge in [0.1, 0.15) is 5.75 Å². The summed E-state index contributed by atoms with van der Waals surface area (Å²) in [5.74, 6) is -1.07. The van der Waals surface area contributed by atoms with Gasteiger partial charge in [0.15, 0.2) is 5.11 Å². The summed E-state index contributed by atoms with van der Waals surface area (Å²) in [6.07, 6.45) is 0.